The molecule has 0 bridgehead atoms. The van der Waals surface area contributed by atoms with Crippen LogP contribution in [0.25, 0.3) is 22.3 Å². The zero-order chi connectivity index (χ0) is 20.3. The molecule has 4 aromatic heterocycles. The van der Waals surface area contributed by atoms with Gasteiger partial charge in [-0.05, 0) is 41.0 Å². The molecule has 1 aromatic carbocycles. The van der Waals surface area contributed by atoms with Crippen LogP contribution in [0.1, 0.15) is 17.1 Å². The van der Waals surface area contributed by atoms with E-state index in [0.29, 0.717) is 0 Å². The molecule has 5 rings (SSSR count). The minimum Gasteiger partial charge on any atom is -0.469 e. The molecular formula is C24H23N5O. The third-order valence-corrected chi connectivity index (χ3v) is 5.22. The van der Waals surface area contributed by atoms with Crippen molar-refractivity contribution >= 4 is 16.9 Å². The van der Waals surface area contributed by atoms with E-state index >= 15 is 0 Å². The van der Waals surface area contributed by atoms with Gasteiger partial charge in [-0.2, -0.15) is 0 Å². The van der Waals surface area contributed by atoms with Gasteiger partial charge in [-0.25, -0.2) is 9.97 Å². The molecule has 6 heteroatoms. The predicted octanol–water partition coefficient (Wildman–Crippen LogP) is 4.95. The number of rotatable bonds is 7. The Morgan fingerprint density at radius 1 is 1.03 bits per heavy atom. The van der Waals surface area contributed by atoms with Crippen molar-refractivity contribution in [1.29, 1.82) is 0 Å². The highest BCUT2D eigenvalue weighted by molar-refractivity contribution is 5.85. The quantitative estimate of drug-likeness (QED) is 0.407. The zero-order valence-corrected chi connectivity index (χ0v) is 16.8. The van der Waals surface area contributed by atoms with Crippen LogP contribution in [0.15, 0.2) is 77.8 Å². The molecule has 30 heavy (non-hydrogen) atoms. The first-order valence-corrected chi connectivity index (χ1v) is 10.1. The van der Waals surface area contributed by atoms with Gasteiger partial charge in [-0.3, -0.25) is 0 Å². The highest BCUT2D eigenvalue weighted by atomic mass is 16.3. The lowest BCUT2D eigenvalue weighted by atomic mass is 10.1. The summed E-state index contributed by atoms with van der Waals surface area (Å²) in [6.45, 7) is 0.725. The number of imidazole rings is 1. The smallest absolute Gasteiger partial charge is 0.159 e. The second kappa shape index (κ2) is 7.91. The number of pyridine rings is 1. The first kappa shape index (κ1) is 18.2. The van der Waals surface area contributed by atoms with Crippen molar-refractivity contribution in [2.24, 2.45) is 7.05 Å². The topological polar surface area (TPSA) is 71.7 Å². The molecule has 0 unspecified atom stereocenters. The third-order valence-electron chi connectivity index (χ3n) is 5.22. The Bertz CT molecular complexity index is 1250. The van der Waals surface area contributed by atoms with Crippen LogP contribution in [0.3, 0.4) is 0 Å². The Labute approximate surface area is 174 Å². The number of benzene rings is 1. The fraction of sp³-hybridized carbons (Fsp3) is 0.167. The number of nitrogens with one attached hydrogen (secondary N) is 2. The van der Waals surface area contributed by atoms with Crippen molar-refractivity contribution in [3.8, 4) is 11.1 Å². The van der Waals surface area contributed by atoms with Gasteiger partial charge in [-0.15, -0.1) is 0 Å². The van der Waals surface area contributed by atoms with Gasteiger partial charge in [-0.1, -0.05) is 24.3 Å². The van der Waals surface area contributed by atoms with Gasteiger partial charge >= 0.3 is 0 Å². The SMILES string of the molecule is Cn1ccc(-c2ccc(CNc3ccnc4[nH]c(CCc5ccco5)nc34)cc2)c1. The van der Waals surface area contributed by atoms with Crippen LogP contribution < -0.4 is 5.32 Å². The van der Waals surface area contributed by atoms with Gasteiger partial charge in [0.05, 0.1) is 12.0 Å². The third kappa shape index (κ3) is 3.85. The van der Waals surface area contributed by atoms with Crippen molar-refractivity contribution in [2.45, 2.75) is 19.4 Å². The molecule has 0 radical (unpaired) electrons. The lowest BCUT2D eigenvalue weighted by molar-refractivity contribution is 0.507. The molecular weight excluding hydrogens is 374 g/mol. The van der Waals surface area contributed by atoms with Gasteiger partial charge in [0.1, 0.15) is 17.1 Å². The molecule has 0 spiro atoms. The summed E-state index contributed by atoms with van der Waals surface area (Å²) >= 11 is 0. The minimum absolute atomic E-state index is 0.725. The molecule has 0 saturated heterocycles. The van der Waals surface area contributed by atoms with Crippen LogP contribution in [0.2, 0.25) is 0 Å². The van der Waals surface area contributed by atoms with E-state index in [0.717, 1.165) is 47.8 Å². The normalized spacial score (nSPS) is 11.2. The molecule has 4 heterocycles. The maximum atomic E-state index is 5.41. The van der Waals surface area contributed by atoms with Crippen molar-refractivity contribution in [2.75, 3.05) is 5.32 Å². The number of hydrogen-bond donors (Lipinski definition) is 2. The van der Waals surface area contributed by atoms with Crippen molar-refractivity contribution in [1.82, 2.24) is 19.5 Å². The predicted molar refractivity (Wildman–Crippen MR) is 118 cm³/mol. The number of H-pyrrole nitrogens is 1. The van der Waals surface area contributed by atoms with Crippen molar-refractivity contribution in [3.63, 3.8) is 0 Å². The van der Waals surface area contributed by atoms with Gasteiger partial charge in [0.2, 0.25) is 0 Å². The molecule has 0 aliphatic carbocycles. The summed E-state index contributed by atoms with van der Waals surface area (Å²) in [5, 5.41) is 3.51. The van der Waals surface area contributed by atoms with Crippen LogP contribution in [0.4, 0.5) is 5.69 Å². The summed E-state index contributed by atoms with van der Waals surface area (Å²) in [7, 11) is 2.04. The Morgan fingerprint density at radius 3 is 2.70 bits per heavy atom. The summed E-state index contributed by atoms with van der Waals surface area (Å²) in [4.78, 5) is 12.5. The zero-order valence-electron chi connectivity index (χ0n) is 16.8. The number of aryl methyl sites for hydroxylation is 3. The van der Waals surface area contributed by atoms with E-state index in [1.165, 1.54) is 16.7 Å². The summed E-state index contributed by atoms with van der Waals surface area (Å²) in [6, 6.07) is 16.6. The van der Waals surface area contributed by atoms with Crippen molar-refractivity contribution in [3.05, 3.63) is 90.5 Å². The summed E-state index contributed by atoms with van der Waals surface area (Å²) in [5.74, 6) is 1.87. The summed E-state index contributed by atoms with van der Waals surface area (Å²) in [6.07, 6.45) is 9.28. The second-order valence-corrected chi connectivity index (χ2v) is 7.43. The maximum absolute atomic E-state index is 5.41. The Kier molecular flexibility index (Phi) is 4.81. The molecule has 0 aliphatic heterocycles. The Hall–Kier alpha value is -3.80. The number of aromatic amines is 1. The molecule has 6 nitrogen and oxygen atoms in total. The Morgan fingerprint density at radius 2 is 1.93 bits per heavy atom. The van der Waals surface area contributed by atoms with E-state index in [4.69, 9.17) is 9.40 Å². The molecule has 2 N–H and O–H groups in total. The number of nitrogens with zero attached hydrogens (tertiary/aromatic N) is 3. The highest BCUT2D eigenvalue weighted by Gasteiger charge is 2.09. The summed E-state index contributed by atoms with van der Waals surface area (Å²) in [5.41, 5.74) is 6.31. The fourth-order valence-corrected chi connectivity index (χ4v) is 3.60. The van der Waals surface area contributed by atoms with Gasteiger partial charge in [0.25, 0.3) is 0 Å². The van der Waals surface area contributed by atoms with E-state index in [-0.39, 0.29) is 0 Å². The molecule has 0 atom stereocenters. The van der Waals surface area contributed by atoms with Crippen LogP contribution in [-0.4, -0.2) is 19.5 Å². The number of furan rings is 1. The maximum Gasteiger partial charge on any atom is 0.159 e. The number of fused-ring (bicyclic) bond motifs is 1. The fourth-order valence-electron chi connectivity index (χ4n) is 3.60. The van der Waals surface area contributed by atoms with Crippen molar-refractivity contribution < 1.29 is 4.42 Å². The van der Waals surface area contributed by atoms with Gasteiger partial charge in [0.15, 0.2) is 5.65 Å². The van der Waals surface area contributed by atoms with Crippen LogP contribution >= 0.6 is 0 Å². The monoisotopic (exact) mass is 397 g/mol. The number of hydrogen-bond acceptors (Lipinski definition) is 4. The lowest BCUT2D eigenvalue weighted by Gasteiger charge is -2.07. The van der Waals surface area contributed by atoms with Gasteiger partial charge < -0.3 is 19.3 Å². The van der Waals surface area contributed by atoms with Gasteiger partial charge in [0, 0.05) is 45.0 Å². The first-order chi connectivity index (χ1) is 14.7. The van der Waals surface area contributed by atoms with E-state index in [1.807, 2.05) is 25.2 Å². The van der Waals surface area contributed by atoms with E-state index in [9.17, 15) is 0 Å². The van der Waals surface area contributed by atoms with Crippen LogP contribution in [0.5, 0.6) is 0 Å². The molecule has 5 aromatic rings. The van der Waals surface area contributed by atoms with E-state index in [1.54, 1.807) is 12.5 Å². The Balaban J connectivity index is 1.28. The number of aromatic nitrogens is 4. The largest absolute Gasteiger partial charge is 0.469 e. The molecule has 0 aliphatic rings. The minimum atomic E-state index is 0.725. The standard InChI is InChI=1S/C24H23N5O/c1-29-13-11-19(16-29)18-6-4-17(5-7-18)15-26-21-10-12-25-24-23(21)27-22(28-24)9-8-20-3-2-14-30-20/h2-7,10-14,16H,8-9,15H2,1H3,(H2,25,26,27,28). The molecule has 0 saturated carbocycles. The van der Waals surface area contributed by atoms with E-state index < -0.39 is 0 Å². The molecule has 150 valence electrons. The number of anilines is 1. The van der Waals surface area contributed by atoms with E-state index in [2.05, 4.69) is 62.6 Å². The summed E-state index contributed by atoms with van der Waals surface area (Å²) < 4.78 is 7.47. The average Bonchev–Trinajstić information content (AvgIpc) is 3.51. The highest BCUT2D eigenvalue weighted by Crippen LogP contribution is 2.23. The first-order valence-electron chi connectivity index (χ1n) is 10.1. The molecule has 0 amide bonds. The van der Waals surface area contributed by atoms with Crippen LogP contribution in [-0.2, 0) is 26.4 Å². The van der Waals surface area contributed by atoms with Crippen LogP contribution in [0, 0.1) is 0 Å². The second-order valence-electron chi connectivity index (χ2n) is 7.43. The lowest BCUT2D eigenvalue weighted by Crippen LogP contribution is -2.00. The molecule has 0 fully saturated rings. The average molecular weight is 397 g/mol.